The Morgan fingerprint density at radius 1 is 0.947 bits per heavy atom. The number of hydrogen-bond donors (Lipinski definition) is 0. The molecule has 0 spiro atoms. The van der Waals surface area contributed by atoms with Gasteiger partial charge in [0.2, 0.25) is 0 Å². The van der Waals surface area contributed by atoms with Crippen molar-refractivity contribution in [1.29, 1.82) is 0 Å². The second kappa shape index (κ2) is 10.5. The molecule has 0 unspecified atom stereocenters. The lowest BCUT2D eigenvalue weighted by molar-refractivity contribution is 0.0190. The number of ether oxygens (including phenoxy) is 2. The minimum Gasteiger partial charge on any atom is -0.493 e. The van der Waals surface area contributed by atoms with E-state index in [0.29, 0.717) is 33.8 Å². The Labute approximate surface area is 239 Å². The molecule has 3 aromatic carbocycles. The fourth-order valence-electron chi connectivity index (χ4n) is 5.02. The highest BCUT2D eigenvalue weighted by Gasteiger charge is 2.59. The van der Waals surface area contributed by atoms with Gasteiger partial charge in [0.05, 0.1) is 17.8 Å². The highest BCUT2D eigenvalue weighted by Crippen LogP contribution is 2.54. The van der Waals surface area contributed by atoms with E-state index in [-0.39, 0.29) is 0 Å². The van der Waals surface area contributed by atoms with Crippen molar-refractivity contribution in [2.24, 2.45) is 4.99 Å². The smallest absolute Gasteiger partial charge is 0.322 e. The van der Waals surface area contributed by atoms with E-state index in [0.717, 1.165) is 16.7 Å². The Balaban J connectivity index is 2.02. The van der Waals surface area contributed by atoms with Crippen molar-refractivity contribution in [2.45, 2.75) is 51.3 Å². The molecule has 0 fully saturated rings. The van der Waals surface area contributed by atoms with E-state index in [1.165, 1.54) is 0 Å². The molecule has 0 aromatic heterocycles. The Morgan fingerprint density at radius 2 is 1.50 bits per heavy atom. The predicted molar refractivity (Wildman–Crippen MR) is 155 cm³/mol. The SMILES string of the molecule is CCOc1cc(C(C)(C)OC)ccc1C1=N[C@@](C)(c2ccc(Cl)cc2)[C@](C)(c2ccc(Cl)cc2)N1C(=O)Cl. The fourth-order valence-corrected chi connectivity index (χ4v) is 5.52. The Morgan fingerprint density at radius 3 is 2.00 bits per heavy atom. The summed E-state index contributed by atoms with van der Waals surface area (Å²) in [5, 5.41) is 0.527. The third-order valence-corrected chi connectivity index (χ3v) is 8.33. The van der Waals surface area contributed by atoms with Crippen LogP contribution in [-0.2, 0) is 21.4 Å². The average Bonchev–Trinajstić information content (AvgIpc) is 3.13. The van der Waals surface area contributed by atoms with Crippen molar-refractivity contribution in [1.82, 2.24) is 4.90 Å². The van der Waals surface area contributed by atoms with Crippen LogP contribution >= 0.6 is 34.8 Å². The number of halogens is 3. The molecular weight excluding hydrogens is 543 g/mol. The van der Waals surface area contributed by atoms with Gasteiger partial charge < -0.3 is 9.47 Å². The first kappa shape index (κ1) is 28.4. The monoisotopic (exact) mass is 572 g/mol. The third-order valence-electron chi connectivity index (χ3n) is 7.65. The van der Waals surface area contributed by atoms with E-state index < -0.39 is 22.0 Å². The third kappa shape index (κ3) is 4.71. The molecule has 4 rings (SSSR count). The molecule has 8 heteroatoms. The van der Waals surface area contributed by atoms with Crippen LogP contribution in [0.1, 0.15) is 56.9 Å². The lowest BCUT2D eigenvalue weighted by Gasteiger charge is -2.44. The van der Waals surface area contributed by atoms with Crippen LogP contribution in [-0.4, -0.2) is 29.8 Å². The molecule has 200 valence electrons. The van der Waals surface area contributed by atoms with Gasteiger partial charge in [0.1, 0.15) is 22.7 Å². The van der Waals surface area contributed by atoms with Crippen LogP contribution in [0.25, 0.3) is 0 Å². The minimum absolute atomic E-state index is 0.408. The zero-order valence-electron chi connectivity index (χ0n) is 22.3. The summed E-state index contributed by atoms with van der Waals surface area (Å²) in [7, 11) is 1.67. The first-order valence-electron chi connectivity index (χ1n) is 12.3. The first-order valence-corrected chi connectivity index (χ1v) is 13.5. The summed E-state index contributed by atoms with van der Waals surface area (Å²) in [5.74, 6) is 0.987. The summed E-state index contributed by atoms with van der Waals surface area (Å²) in [5.41, 5.74) is 0.756. The van der Waals surface area contributed by atoms with Crippen molar-refractivity contribution in [3.8, 4) is 5.75 Å². The van der Waals surface area contributed by atoms with Gasteiger partial charge in [0, 0.05) is 17.2 Å². The highest BCUT2D eigenvalue weighted by molar-refractivity contribution is 6.64. The second-order valence-corrected chi connectivity index (χ2v) is 11.2. The summed E-state index contributed by atoms with van der Waals surface area (Å²) in [6.45, 7) is 10.3. The van der Waals surface area contributed by atoms with Gasteiger partial charge in [-0.05, 0) is 99.3 Å². The quantitative estimate of drug-likeness (QED) is 0.210. The summed E-state index contributed by atoms with van der Waals surface area (Å²) >= 11 is 18.9. The van der Waals surface area contributed by atoms with E-state index in [9.17, 15) is 4.79 Å². The molecule has 1 heterocycles. The van der Waals surface area contributed by atoms with Crippen molar-refractivity contribution >= 4 is 46.0 Å². The van der Waals surface area contributed by atoms with Crippen LogP contribution in [0.2, 0.25) is 10.0 Å². The minimum atomic E-state index is -1.02. The maximum atomic E-state index is 13.3. The summed E-state index contributed by atoms with van der Waals surface area (Å²) < 4.78 is 11.8. The van der Waals surface area contributed by atoms with Crippen LogP contribution in [0, 0.1) is 0 Å². The Bertz CT molecular complexity index is 1370. The number of carbonyl (C=O) groups is 1. The van der Waals surface area contributed by atoms with Gasteiger partial charge in [-0.15, -0.1) is 0 Å². The van der Waals surface area contributed by atoms with Crippen LogP contribution in [0.15, 0.2) is 71.7 Å². The molecule has 0 bridgehead atoms. The lowest BCUT2D eigenvalue weighted by atomic mass is 9.71. The Kier molecular flexibility index (Phi) is 7.89. The number of rotatable bonds is 7. The molecule has 0 aliphatic carbocycles. The summed E-state index contributed by atoms with van der Waals surface area (Å²) in [4.78, 5) is 20.1. The molecule has 2 atom stereocenters. The molecule has 0 radical (unpaired) electrons. The van der Waals surface area contributed by atoms with Crippen LogP contribution in [0.5, 0.6) is 5.75 Å². The van der Waals surface area contributed by atoms with Crippen LogP contribution < -0.4 is 4.74 Å². The van der Waals surface area contributed by atoms with Gasteiger partial charge >= 0.3 is 5.37 Å². The molecule has 3 aromatic rings. The number of carbonyl (C=O) groups excluding carboxylic acids is 1. The van der Waals surface area contributed by atoms with Crippen molar-refractivity contribution in [3.63, 3.8) is 0 Å². The first-order chi connectivity index (χ1) is 17.9. The number of methoxy groups -OCH3 is 1. The fraction of sp³-hybridized carbons (Fsp3) is 0.333. The van der Waals surface area contributed by atoms with E-state index in [4.69, 9.17) is 49.3 Å². The molecule has 1 aliphatic heterocycles. The normalized spacial score (nSPS) is 21.4. The van der Waals surface area contributed by atoms with Crippen molar-refractivity contribution in [2.75, 3.05) is 13.7 Å². The predicted octanol–water partition coefficient (Wildman–Crippen LogP) is 8.53. The van der Waals surface area contributed by atoms with E-state index in [1.54, 1.807) is 24.1 Å². The maximum Gasteiger partial charge on any atom is 0.322 e. The zero-order valence-corrected chi connectivity index (χ0v) is 24.6. The van der Waals surface area contributed by atoms with Crippen molar-refractivity contribution in [3.05, 3.63) is 99.0 Å². The van der Waals surface area contributed by atoms with E-state index in [2.05, 4.69) is 0 Å². The number of aliphatic imine (C=N–C) groups is 1. The molecule has 38 heavy (non-hydrogen) atoms. The van der Waals surface area contributed by atoms with Gasteiger partial charge in [-0.3, -0.25) is 14.7 Å². The van der Waals surface area contributed by atoms with Crippen LogP contribution in [0.3, 0.4) is 0 Å². The van der Waals surface area contributed by atoms with E-state index >= 15 is 0 Å². The van der Waals surface area contributed by atoms with Gasteiger partial charge in [0.15, 0.2) is 0 Å². The molecule has 0 N–H and O–H groups in total. The lowest BCUT2D eigenvalue weighted by Crippen LogP contribution is -2.53. The molecular formula is C30H31Cl3N2O3. The molecule has 1 aliphatic rings. The standard InChI is InChI=1S/C30H31Cl3N2O3/c1-7-38-25-18-21(28(2,3)37-6)12-17-24(25)26-34-29(4,19-8-13-22(31)14-9-19)30(5,35(26)27(33)36)20-10-15-23(32)16-11-20/h8-18H,7H2,1-6H3/t29-,30-/m0/s1. The number of hydrogen-bond acceptors (Lipinski definition) is 4. The van der Waals surface area contributed by atoms with Crippen LogP contribution in [0.4, 0.5) is 4.79 Å². The summed E-state index contributed by atoms with van der Waals surface area (Å²) in [6, 6.07) is 20.7. The topological polar surface area (TPSA) is 51.1 Å². The maximum absolute atomic E-state index is 13.3. The van der Waals surface area contributed by atoms with Gasteiger partial charge in [-0.25, -0.2) is 0 Å². The van der Waals surface area contributed by atoms with Gasteiger partial charge in [0.25, 0.3) is 0 Å². The zero-order chi connectivity index (χ0) is 27.9. The number of benzene rings is 3. The van der Waals surface area contributed by atoms with Gasteiger partial charge in [-0.2, -0.15) is 0 Å². The van der Waals surface area contributed by atoms with Crippen molar-refractivity contribution < 1.29 is 14.3 Å². The molecule has 5 nitrogen and oxygen atoms in total. The molecule has 0 saturated carbocycles. The second-order valence-electron chi connectivity index (χ2n) is 10.0. The summed E-state index contributed by atoms with van der Waals surface area (Å²) in [6.07, 6.45) is 0. The van der Waals surface area contributed by atoms with Gasteiger partial charge in [-0.1, -0.05) is 53.5 Å². The molecule has 1 amide bonds. The number of amides is 1. The van der Waals surface area contributed by atoms with E-state index in [1.807, 2.05) is 89.2 Å². The average molecular weight is 574 g/mol. The Hall–Kier alpha value is -2.57. The highest BCUT2D eigenvalue weighted by atomic mass is 35.5. The molecule has 0 saturated heterocycles. The number of nitrogens with zero attached hydrogens (tertiary/aromatic N) is 2. The largest absolute Gasteiger partial charge is 0.493 e. The number of amidine groups is 1.